The minimum atomic E-state index is -0.0949. The molecule has 86 valence electrons. The largest absolute Gasteiger partial charge is 0.395 e. The lowest BCUT2D eigenvalue weighted by atomic mass is 9.93. The summed E-state index contributed by atoms with van der Waals surface area (Å²) in [6.45, 7) is 1.90. The standard InChI is InChI=1S/C12H15NO3/c1-8-7-9-10(3-2-4-11(9)15)13(5-6-14)12(8)16/h7,14H,2-6H2,1H3. The van der Waals surface area contributed by atoms with Gasteiger partial charge in [-0.3, -0.25) is 9.59 Å². The van der Waals surface area contributed by atoms with Crippen molar-refractivity contribution >= 4 is 5.78 Å². The van der Waals surface area contributed by atoms with Crippen molar-refractivity contribution in [3.05, 3.63) is 33.2 Å². The van der Waals surface area contributed by atoms with Crippen LogP contribution in [0.5, 0.6) is 0 Å². The van der Waals surface area contributed by atoms with E-state index < -0.39 is 0 Å². The molecule has 1 heterocycles. The molecule has 0 bridgehead atoms. The average molecular weight is 221 g/mol. The number of rotatable bonds is 2. The first-order valence-corrected chi connectivity index (χ1v) is 5.52. The summed E-state index contributed by atoms with van der Waals surface area (Å²) in [6, 6.07) is 1.69. The van der Waals surface area contributed by atoms with E-state index in [1.54, 1.807) is 17.6 Å². The number of aliphatic hydroxyl groups excluding tert-OH is 1. The molecule has 16 heavy (non-hydrogen) atoms. The van der Waals surface area contributed by atoms with Gasteiger partial charge in [-0.2, -0.15) is 0 Å². The number of Topliss-reactive ketones (excluding diaryl/α,β-unsaturated/α-hetero) is 1. The Morgan fingerprint density at radius 1 is 1.38 bits per heavy atom. The van der Waals surface area contributed by atoms with E-state index in [1.807, 2.05) is 0 Å². The molecule has 0 spiro atoms. The van der Waals surface area contributed by atoms with Crippen LogP contribution in [0, 0.1) is 6.92 Å². The average Bonchev–Trinajstić information content (AvgIpc) is 2.26. The van der Waals surface area contributed by atoms with Crippen molar-refractivity contribution in [3.8, 4) is 0 Å². The number of nitrogens with zero attached hydrogens (tertiary/aromatic N) is 1. The maximum Gasteiger partial charge on any atom is 0.253 e. The van der Waals surface area contributed by atoms with Gasteiger partial charge in [-0.15, -0.1) is 0 Å². The predicted octanol–water partition coefficient (Wildman–Crippen LogP) is 0.668. The van der Waals surface area contributed by atoms with Crippen LogP contribution in [0.15, 0.2) is 10.9 Å². The zero-order valence-electron chi connectivity index (χ0n) is 9.32. The molecule has 0 atom stereocenters. The Balaban J connectivity index is 2.66. The second-order valence-corrected chi connectivity index (χ2v) is 4.14. The summed E-state index contributed by atoms with van der Waals surface area (Å²) in [7, 11) is 0. The van der Waals surface area contributed by atoms with Crippen LogP contribution < -0.4 is 5.56 Å². The van der Waals surface area contributed by atoms with Gasteiger partial charge in [0.1, 0.15) is 0 Å². The number of fused-ring (bicyclic) bond motifs is 1. The summed E-state index contributed by atoms with van der Waals surface area (Å²) >= 11 is 0. The molecule has 0 saturated heterocycles. The second-order valence-electron chi connectivity index (χ2n) is 4.14. The highest BCUT2D eigenvalue weighted by Gasteiger charge is 2.21. The van der Waals surface area contributed by atoms with Gasteiger partial charge in [-0.05, 0) is 25.8 Å². The summed E-state index contributed by atoms with van der Waals surface area (Å²) in [4.78, 5) is 23.6. The van der Waals surface area contributed by atoms with Crippen molar-refractivity contribution in [1.82, 2.24) is 4.57 Å². The van der Waals surface area contributed by atoms with Crippen LogP contribution in [0.25, 0.3) is 0 Å². The smallest absolute Gasteiger partial charge is 0.253 e. The Labute approximate surface area is 93.5 Å². The Hall–Kier alpha value is -1.42. The molecule has 0 aromatic carbocycles. The van der Waals surface area contributed by atoms with Gasteiger partial charge < -0.3 is 9.67 Å². The van der Waals surface area contributed by atoms with Gasteiger partial charge in [0, 0.05) is 29.8 Å². The van der Waals surface area contributed by atoms with Crippen LogP contribution in [-0.2, 0) is 13.0 Å². The summed E-state index contributed by atoms with van der Waals surface area (Å²) in [5.41, 5.74) is 1.93. The van der Waals surface area contributed by atoms with Gasteiger partial charge in [-0.1, -0.05) is 0 Å². The van der Waals surface area contributed by atoms with Crippen LogP contribution in [-0.4, -0.2) is 22.1 Å². The number of carbonyl (C=O) groups is 1. The molecule has 1 aromatic heterocycles. The number of aliphatic hydroxyl groups is 1. The third-order valence-corrected chi connectivity index (χ3v) is 3.02. The van der Waals surface area contributed by atoms with Crippen molar-refractivity contribution in [2.24, 2.45) is 0 Å². The number of hydrogen-bond acceptors (Lipinski definition) is 3. The highest BCUT2D eigenvalue weighted by Crippen LogP contribution is 2.20. The molecule has 1 aliphatic carbocycles. The van der Waals surface area contributed by atoms with Crippen LogP contribution in [0.4, 0.5) is 0 Å². The van der Waals surface area contributed by atoms with Crippen molar-refractivity contribution in [2.75, 3.05) is 6.61 Å². The Morgan fingerprint density at radius 3 is 2.81 bits per heavy atom. The summed E-state index contributed by atoms with van der Waals surface area (Å²) in [5, 5.41) is 8.96. The first kappa shape index (κ1) is 11.1. The zero-order valence-corrected chi connectivity index (χ0v) is 9.32. The maximum atomic E-state index is 11.9. The van der Waals surface area contributed by atoms with Gasteiger partial charge in [0.25, 0.3) is 5.56 Å². The molecule has 0 unspecified atom stereocenters. The second kappa shape index (κ2) is 4.22. The lowest BCUT2D eigenvalue weighted by Gasteiger charge is -2.20. The van der Waals surface area contributed by atoms with Crippen LogP contribution in [0.2, 0.25) is 0 Å². The van der Waals surface area contributed by atoms with E-state index in [4.69, 9.17) is 5.11 Å². The topological polar surface area (TPSA) is 59.3 Å². The number of aryl methyl sites for hydroxylation is 1. The summed E-state index contributed by atoms with van der Waals surface area (Å²) < 4.78 is 1.54. The maximum absolute atomic E-state index is 11.9. The first-order chi connectivity index (χ1) is 7.65. The fraction of sp³-hybridized carbons (Fsp3) is 0.500. The lowest BCUT2D eigenvalue weighted by molar-refractivity contribution is 0.0969. The molecule has 0 fully saturated rings. The highest BCUT2D eigenvalue weighted by molar-refractivity contribution is 5.98. The number of carbonyl (C=O) groups excluding carboxylic acids is 1. The molecule has 0 aliphatic heterocycles. The fourth-order valence-electron chi connectivity index (χ4n) is 2.24. The van der Waals surface area contributed by atoms with E-state index in [-0.39, 0.29) is 24.5 Å². The Kier molecular flexibility index (Phi) is 2.92. The summed E-state index contributed by atoms with van der Waals surface area (Å²) in [5.74, 6) is 0.107. The molecule has 4 nitrogen and oxygen atoms in total. The van der Waals surface area contributed by atoms with Gasteiger partial charge >= 0.3 is 0 Å². The first-order valence-electron chi connectivity index (χ1n) is 5.52. The normalized spacial score (nSPS) is 15.0. The molecule has 0 saturated carbocycles. The summed E-state index contributed by atoms with van der Waals surface area (Å²) in [6.07, 6.45) is 2.10. The Bertz CT molecular complexity index is 488. The van der Waals surface area contributed by atoms with Gasteiger partial charge in [0.05, 0.1) is 6.61 Å². The van der Waals surface area contributed by atoms with Crippen LogP contribution in [0.1, 0.15) is 34.5 Å². The fourth-order valence-corrected chi connectivity index (χ4v) is 2.24. The third-order valence-electron chi connectivity index (χ3n) is 3.02. The molecule has 1 aromatic rings. The van der Waals surface area contributed by atoms with E-state index >= 15 is 0 Å². The van der Waals surface area contributed by atoms with E-state index in [0.29, 0.717) is 17.5 Å². The highest BCUT2D eigenvalue weighted by atomic mass is 16.3. The molecule has 4 heteroatoms. The SMILES string of the molecule is Cc1cc2c(n(CCO)c1=O)CCCC2=O. The predicted molar refractivity (Wildman–Crippen MR) is 59.8 cm³/mol. The lowest BCUT2D eigenvalue weighted by Crippen LogP contribution is -2.31. The van der Waals surface area contributed by atoms with Gasteiger partial charge in [-0.25, -0.2) is 0 Å². The number of pyridine rings is 1. The molecule has 0 amide bonds. The molecular weight excluding hydrogens is 206 g/mol. The zero-order chi connectivity index (χ0) is 11.7. The Morgan fingerprint density at radius 2 is 2.12 bits per heavy atom. The van der Waals surface area contributed by atoms with Gasteiger partial charge in [0.15, 0.2) is 5.78 Å². The van der Waals surface area contributed by atoms with E-state index in [0.717, 1.165) is 18.5 Å². The van der Waals surface area contributed by atoms with Crippen molar-refractivity contribution in [3.63, 3.8) is 0 Å². The minimum absolute atomic E-state index is 0.0794. The van der Waals surface area contributed by atoms with Crippen molar-refractivity contribution in [2.45, 2.75) is 32.7 Å². The van der Waals surface area contributed by atoms with Crippen molar-refractivity contribution < 1.29 is 9.90 Å². The molecule has 1 aliphatic rings. The number of hydrogen-bond donors (Lipinski definition) is 1. The van der Waals surface area contributed by atoms with Crippen LogP contribution in [0.3, 0.4) is 0 Å². The monoisotopic (exact) mass is 221 g/mol. The van der Waals surface area contributed by atoms with Gasteiger partial charge in [0.2, 0.25) is 0 Å². The van der Waals surface area contributed by atoms with E-state index in [2.05, 4.69) is 0 Å². The third kappa shape index (κ3) is 1.69. The van der Waals surface area contributed by atoms with E-state index in [1.165, 1.54) is 0 Å². The molecule has 2 rings (SSSR count). The van der Waals surface area contributed by atoms with Crippen molar-refractivity contribution in [1.29, 1.82) is 0 Å². The van der Waals surface area contributed by atoms with E-state index in [9.17, 15) is 9.59 Å². The number of aromatic nitrogens is 1. The minimum Gasteiger partial charge on any atom is -0.395 e. The number of ketones is 1. The van der Waals surface area contributed by atoms with Crippen LogP contribution >= 0.6 is 0 Å². The molecule has 1 N–H and O–H groups in total. The molecule has 0 radical (unpaired) electrons. The molecular formula is C12H15NO3. The quantitative estimate of drug-likeness (QED) is 0.798.